The van der Waals surface area contributed by atoms with E-state index in [2.05, 4.69) is 4.90 Å². The van der Waals surface area contributed by atoms with Crippen LogP contribution in [0.4, 0.5) is 0 Å². The number of aliphatic carboxylic acids is 1. The van der Waals surface area contributed by atoms with E-state index < -0.39 is 11.9 Å². The van der Waals surface area contributed by atoms with E-state index in [0.29, 0.717) is 12.5 Å². The van der Waals surface area contributed by atoms with Crippen molar-refractivity contribution in [1.82, 2.24) is 9.80 Å². The van der Waals surface area contributed by atoms with Crippen molar-refractivity contribution in [3.8, 4) is 0 Å². The molecular formula is C16H26N2O3. The van der Waals surface area contributed by atoms with Crippen LogP contribution in [0.3, 0.4) is 0 Å². The highest BCUT2D eigenvalue weighted by Gasteiger charge is 2.40. The van der Waals surface area contributed by atoms with Crippen LogP contribution < -0.4 is 0 Å². The molecular weight excluding hydrogens is 268 g/mol. The van der Waals surface area contributed by atoms with Gasteiger partial charge in [0.2, 0.25) is 5.91 Å². The molecule has 1 saturated carbocycles. The first kappa shape index (κ1) is 14.8. The maximum Gasteiger partial charge on any atom is 0.307 e. The minimum Gasteiger partial charge on any atom is -0.481 e. The molecule has 2 heterocycles. The van der Waals surface area contributed by atoms with Crippen LogP contribution in [0, 0.1) is 11.8 Å². The van der Waals surface area contributed by atoms with Crippen molar-refractivity contribution < 1.29 is 14.7 Å². The van der Waals surface area contributed by atoms with Crippen LogP contribution in [0.5, 0.6) is 0 Å². The molecule has 2 aliphatic heterocycles. The van der Waals surface area contributed by atoms with E-state index in [-0.39, 0.29) is 11.8 Å². The van der Waals surface area contributed by atoms with Gasteiger partial charge < -0.3 is 14.9 Å². The summed E-state index contributed by atoms with van der Waals surface area (Å²) in [5, 5.41) is 9.24. The van der Waals surface area contributed by atoms with Gasteiger partial charge in [0, 0.05) is 19.1 Å². The van der Waals surface area contributed by atoms with Gasteiger partial charge in [-0.3, -0.25) is 9.59 Å². The van der Waals surface area contributed by atoms with Crippen molar-refractivity contribution in [3.05, 3.63) is 0 Å². The van der Waals surface area contributed by atoms with Crippen LogP contribution >= 0.6 is 0 Å². The Labute approximate surface area is 126 Å². The summed E-state index contributed by atoms with van der Waals surface area (Å²) in [4.78, 5) is 28.3. The molecule has 5 heteroatoms. The van der Waals surface area contributed by atoms with Crippen LogP contribution in [0.1, 0.15) is 44.9 Å². The number of amides is 1. The Bertz CT molecular complexity index is 398. The molecule has 0 aromatic carbocycles. The predicted molar refractivity (Wildman–Crippen MR) is 78.9 cm³/mol. The molecule has 1 N–H and O–H groups in total. The molecule has 2 atom stereocenters. The highest BCUT2D eigenvalue weighted by molar-refractivity contribution is 5.85. The van der Waals surface area contributed by atoms with Gasteiger partial charge in [0.15, 0.2) is 0 Å². The fraction of sp³-hybridized carbons (Fsp3) is 0.875. The van der Waals surface area contributed by atoms with Crippen LogP contribution in [0.2, 0.25) is 0 Å². The number of likely N-dealkylation sites (tertiary alicyclic amines) is 2. The number of rotatable bonds is 3. The van der Waals surface area contributed by atoms with Gasteiger partial charge in [-0.1, -0.05) is 6.42 Å². The number of hydrogen-bond acceptors (Lipinski definition) is 3. The fourth-order valence-electron chi connectivity index (χ4n) is 4.34. The fourth-order valence-corrected chi connectivity index (χ4v) is 4.34. The summed E-state index contributed by atoms with van der Waals surface area (Å²) in [6.45, 7) is 4.04. The van der Waals surface area contributed by atoms with Gasteiger partial charge in [-0.15, -0.1) is 0 Å². The minimum absolute atomic E-state index is 0.0970. The van der Waals surface area contributed by atoms with Gasteiger partial charge in [0.1, 0.15) is 0 Å². The van der Waals surface area contributed by atoms with Crippen molar-refractivity contribution in [2.24, 2.45) is 11.8 Å². The van der Waals surface area contributed by atoms with E-state index in [1.807, 2.05) is 4.90 Å². The normalized spacial score (nSPS) is 31.7. The molecule has 0 aromatic heterocycles. The number of nitrogens with zero attached hydrogens (tertiary/aromatic N) is 2. The first-order chi connectivity index (χ1) is 10.2. The molecule has 1 amide bonds. The maximum absolute atomic E-state index is 12.6. The lowest BCUT2D eigenvalue weighted by Gasteiger charge is -2.38. The topological polar surface area (TPSA) is 60.9 Å². The first-order valence-electron chi connectivity index (χ1n) is 8.42. The summed E-state index contributed by atoms with van der Waals surface area (Å²) >= 11 is 0. The maximum atomic E-state index is 12.6. The number of hydrogen-bond donors (Lipinski definition) is 1. The minimum atomic E-state index is -0.794. The second kappa shape index (κ2) is 6.34. The molecule has 2 unspecified atom stereocenters. The summed E-state index contributed by atoms with van der Waals surface area (Å²) in [6.07, 6.45) is 7.00. The summed E-state index contributed by atoms with van der Waals surface area (Å²) in [7, 11) is 0. The predicted octanol–water partition coefficient (Wildman–Crippen LogP) is 1.57. The Morgan fingerprint density at radius 1 is 0.810 bits per heavy atom. The van der Waals surface area contributed by atoms with Crippen LogP contribution in [0.25, 0.3) is 0 Å². The Kier molecular flexibility index (Phi) is 4.48. The van der Waals surface area contributed by atoms with Crippen molar-refractivity contribution in [2.75, 3.05) is 26.2 Å². The standard InChI is InChI=1S/C16H26N2O3/c19-15(13-4-3-5-14(13)16(20)21)18-10-6-12(7-11-18)17-8-1-2-9-17/h12-14H,1-11H2,(H,20,21). The lowest BCUT2D eigenvalue weighted by atomic mass is 9.93. The summed E-state index contributed by atoms with van der Waals surface area (Å²) in [5.74, 6) is -1.42. The Hall–Kier alpha value is -1.10. The molecule has 3 rings (SSSR count). The Morgan fingerprint density at radius 3 is 2.05 bits per heavy atom. The van der Waals surface area contributed by atoms with E-state index in [4.69, 9.17) is 0 Å². The van der Waals surface area contributed by atoms with Gasteiger partial charge in [-0.05, 0) is 51.6 Å². The monoisotopic (exact) mass is 294 g/mol. The Balaban J connectivity index is 1.54. The number of carbonyl (C=O) groups excluding carboxylic acids is 1. The molecule has 0 bridgehead atoms. The highest BCUT2D eigenvalue weighted by Crippen LogP contribution is 2.34. The van der Waals surface area contributed by atoms with Gasteiger partial charge >= 0.3 is 5.97 Å². The van der Waals surface area contributed by atoms with Crippen molar-refractivity contribution in [1.29, 1.82) is 0 Å². The molecule has 2 saturated heterocycles. The van der Waals surface area contributed by atoms with E-state index >= 15 is 0 Å². The van der Waals surface area contributed by atoms with Crippen molar-refractivity contribution >= 4 is 11.9 Å². The zero-order valence-corrected chi connectivity index (χ0v) is 12.7. The number of carboxylic acid groups (broad SMARTS) is 1. The van der Waals surface area contributed by atoms with Gasteiger partial charge in [-0.25, -0.2) is 0 Å². The second-order valence-electron chi connectivity index (χ2n) is 6.78. The van der Waals surface area contributed by atoms with Crippen LogP contribution in [-0.4, -0.2) is 59.0 Å². The average Bonchev–Trinajstić information content (AvgIpc) is 3.18. The second-order valence-corrected chi connectivity index (χ2v) is 6.78. The number of carbonyl (C=O) groups is 2. The highest BCUT2D eigenvalue weighted by atomic mass is 16.4. The molecule has 3 aliphatic rings. The van der Waals surface area contributed by atoms with E-state index in [9.17, 15) is 14.7 Å². The summed E-state index contributed by atoms with van der Waals surface area (Å²) in [5.41, 5.74) is 0. The van der Waals surface area contributed by atoms with Gasteiger partial charge in [0.05, 0.1) is 11.8 Å². The Morgan fingerprint density at radius 2 is 1.43 bits per heavy atom. The van der Waals surface area contributed by atoms with E-state index in [1.165, 1.54) is 25.9 Å². The largest absolute Gasteiger partial charge is 0.481 e. The molecule has 3 fully saturated rings. The number of carboxylic acids is 1. The average molecular weight is 294 g/mol. The third-order valence-corrected chi connectivity index (χ3v) is 5.58. The van der Waals surface area contributed by atoms with E-state index in [0.717, 1.165) is 38.8 Å². The van der Waals surface area contributed by atoms with Crippen molar-refractivity contribution in [3.63, 3.8) is 0 Å². The van der Waals surface area contributed by atoms with Crippen LogP contribution in [0.15, 0.2) is 0 Å². The molecule has 5 nitrogen and oxygen atoms in total. The van der Waals surface area contributed by atoms with E-state index in [1.54, 1.807) is 0 Å². The molecule has 1 aliphatic carbocycles. The van der Waals surface area contributed by atoms with Crippen molar-refractivity contribution in [2.45, 2.75) is 51.0 Å². The third-order valence-electron chi connectivity index (χ3n) is 5.58. The SMILES string of the molecule is O=C(O)C1CCCC1C(=O)N1CCC(N2CCCC2)CC1. The molecule has 21 heavy (non-hydrogen) atoms. The molecule has 0 spiro atoms. The zero-order valence-electron chi connectivity index (χ0n) is 12.7. The lowest BCUT2D eigenvalue weighted by Crippen LogP contribution is -2.48. The third kappa shape index (κ3) is 3.07. The molecule has 0 aromatic rings. The zero-order chi connectivity index (χ0) is 14.8. The smallest absolute Gasteiger partial charge is 0.307 e. The quantitative estimate of drug-likeness (QED) is 0.858. The van der Waals surface area contributed by atoms with Crippen LogP contribution in [-0.2, 0) is 9.59 Å². The number of piperidine rings is 1. The molecule has 0 radical (unpaired) electrons. The molecule has 118 valence electrons. The van der Waals surface area contributed by atoms with Gasteiger partial charge in [-0.2, -0.15) is 0 Å². The summed E-state index contributed by atoms with van der Waals surface area (Å²) in [6, 6.07) is 0.635. The first-order valence-corrected chi connectivity index (χ1v) is 8.42. The summed E-state index contributed by atoms with van der Waals surface area (Å²) < 4.78 is 0. The lowest BCUT2D eigenvalue weighted by molar-refractivity contribution is -0.149. The van der Waals surface area contributed by atoms with Gasteiger partial charge in [0.25, 0.3) is 0 Å².